The molecule has 4 heterocycles. The van der Waals surface area contributed by atoms with E-state index < -0.39 is 0 Å². The van der Waals surface area contributed by atoms with Crippen molar-refractivity contribution in [3.8, 4) is 55.9 Å². The molecule has 15 aromatic rings. The molecular formula is C66H40N2O2. The summed E-state index contributed by atoms with van der Waals surface area (Å²) in [7, 11) is 0. The summed E-state index contributed by atoms with van der Waals surface area (Å²) in [6.07, 6.45) is 0. The largest absolute Gasteiger partial charge is 0.456 e. The first-order chi connectivity index (χ1) is 34.7. The Morgan fingerprint density at radius 2 is 0.529 bits per heavy atom. The van der Waals surface area contributed by atoms with Crippen LogP contribution in [0.25, 0.3) is 143 Å². The number of hydrogen-bond donors (Lipinski definition) is 0. The van der Waals surface area contributed by atoms with Gasteiger partial charge in [-0.25, -0.2) is 0 Å². The summed E-state index contributed by atoms with van der Waals surface area (Å²) in [5.74, 6) is 0. The molecule has 11 aromatic carbocycles. The smallest absolute Gasteiger partial charge is 0.137 e. The van der Waals surface area contributed by atoms with Crippen LogP contribution in [0.4, 0.5) is 0 Å². The van der Waals surface area contributed by atoms with Crippen molar-refractivity contribution in [1.82, 2.24) is 9.13 Å². The Kier molecular flexibility index (Phi) is 8.33. The van der Waals surface area contributed by atoms with Crippen LogP contribution >= 0.6 is 0 Å². The van der Waals surface area contributed by atoms with E-state index in [1.54, 1.807) is 0 Å². The van der Waals surface area contributed by atoms with E-state index in [0.717, 1.165) is 66.3 Å². The summed E-state index contributed by atoms with van der Waals surface area (Å²) >= 11 is 0. The van der Waals surface area contributed by atoms with Crippen LogP contribution in [-0.2, 0) is 0 Å². The predicted molar refractivity (Wildman–Crippen MR) is 291 cm³/mol. The highest BCUT2D eigenvalue weighted by Crippen LogP contribution is 2.43. The number of rotatable bonds is 6. The molecule has 0 bridgehead atoms. The fourth-order valence-electron chi connectivity index (χ4n) is 11.3. The SMILES string of the molecule is c1cc(-c2cccc(-c3ccc4c(c3)c3ccccc3n4-c3cccc4oc5ccccc5c34)c2)cc(-c2cccc(-c3ccc4c(c3)c3ccccc3n4-c3cccc4oc5ccccc5c34)c2)c1. The van der Waals surface area contributed by atoms with Crippen molar-refractivity contribution < 1.29 is 8.83 Å². The van der Waals surface area contributed by atoms with Crippen molar-refractivity contribution in [1.29, 1.82) is 0 Å². The maximum absolute atomic E-state index is 6.33. The Bertz CT molecular complexity index is 4320. The molecule has 0 saturated carbocycles. The van der Waals surface area contributed by atoms with Gasteiger partial charge in [-0.3, -0.25) is 0 Å². The van der Waals surface area contributed by atoms with Crippen LogP contribution in [0.5, 0.6) is 0 Å². The minimum atomic E-state index is 0.891. The Balaban J connectivity index is 0.784. The van der Waals surface area contributed by atoms with Crippen molar-refractivity contribution in [2.45, 2.75) is 0 Å². The zero-order valence-corrected chi connectivity index (χ0v) is 37.8. The maximum Gasteiger partial charge on any atom is 0.137 e. The lowest BCUT2D eigenvalue weighted by Gasteiger charge is -2.11. The van der Waals surface area contributed by atoms with Gasteiger partial charge in [0.05, 0.1) is 44.2 Å². The van der Waals surface area contributed by atoms with Crippen LogP contribution in [0.1, 0.15) is 0 Å². The van der Waals surface area contributed by atoms with Crippen molar-refractivity contribution >= 4 is 87.5 Å². The van der Waals surface area contributed by atoms with E-state index in [4.69, 9.17) is 8.83 Å². The molecular weight excluding hydrogens is 853 g/mol. The molecule has 0 spiro atoms. The molecule has 0 radical (unpaired) electrons. The van der Waals surface area contributed by atoms with Crippen LogP contribution in [0, 0.1) is 0 Å². The van der Waals surface area contributed by atoms with E-state index in [1.165, 1.54) is 77.1 Å². The first kappa shape index (κ1) is 38.7. The van der Waals surface area contributed by atoms with Crippen molar-refractivity contribution in [2.24, 2.45) is 0 Å². The highest BCUT2D eigenvalue weighted by molar-refractivity contribution is 6.16. The Morgan fingerprint density at radius 1 is 0.214 bits per heavy atom. The zero-order chi connectivity index (χ0) is 45.9. The monoisotopic (exact) mass is 892 g/mol. The third kappa shape index (κ3) is 5.84. The number of nitrogens with zero attached hydrogens (tertiary/aromatic N) is 2. The molecule has 70 heavy (non-hydrogen) atoms. The van der Waals surface area contributed by atoms with Crippen molar-refractivity contribution in [3.05, 3.63) is 243 Å². The van der Waals surface area contributed by atoms with Gasteiger partial charge >= 0.3 is 0 Å². The minimum absolute atomic E-state index is 0.891. The Labute approximate surface area is 402 Å². The molecule has 0 atom stereocenters. The van der Waals surface area contributed by atoms with Crippen LogP contribution in [-0.4, -0.2) is 9.13 Å². The molecule has 0 aliphatic heterocycles. The lowest BCUT2D eigenvalue weighted by molar-refractivity contribution is 0.668. The molecule has 0 aliphatic rings. The van der Waals surface area contributed by atoms with E-state index in [0.29, 0.717) is 0 Å². The predicted octanol–water partition coefficient (Wildman–Crippen LogP) is 18.3. The van der Waals surface area contributed by atoms with E-state index in [-0.39, 0.29) is 0 Å². The molecule has 4 heteroatoms. The van der Waals surface area contributed by atoms with Gasteiger partial charge in [0, 0.05) is 32.3 Å². The number of hydrogen-bond acceptors (Lipinski definition) is 2. The van der Waals surface area contributed by atoms with Gasteiger partial charge in [0.2, 0.25) is 0 Å². The number of aromatic nitrogens is 2. The maximum atomic E-state index is 6.33. The first-order valence-corrected chi connectivity index (χ1v) is 23.9. The summed E-state index contributed by atoms with van der Waals surface area (Å²) in [4.78, 5) is 0. The standard InChI is InChI=1S/C66H40N2O2/c1-5-24-55-49(20-1)53-39-47(32-34-57(53)67(55)59-26-12-30-63-65(59)51-22-3-7-28-61(51)69-63)45-18-10-16-43(37-45)41-14-9-15-42(36-41)44-17-11-19-46(38-44)48-33-35-58-54(40-48)50-21-2-6-25-56(50)68(58)60-27-13-31-64-66(60)52-23-4-8-29-62(52)70-64/h1-40H. The zero-order valence-electron chi connectivity index (χ0n) is 37.8. The fraction of sp³-hybridized carbons (Fsp3) is 0. The second-order valence-electron chi connectivity index (χ2n) is 18.4. The normalized spacial score (nSPS) is 12.0. The van der Waals surface area contributed by atoms with Gasteiger partial charge in [-0.2, -0.15) is 0 Å². The van der Waals surface area contributed by atoms with Gasteiger partial charge in [0.1, 0.15) is 22.3 Å². The van der Waals surface area contributed by atoms with Crippen molar-refractivity contribution in [3.63, 3.8) is 0 Å². The molecule has 326 valence electrons. The third-order valence-corrected chi connectivity index (χ3v) is 14.5. The van der Waals surface area contributed by atoms with Gasteiger partial charge in [-0.05, 0) is 136 Å². The first-order valence-electron chi connectivity index (χ1n) is 23.9. The van der Waals surface area contributed by atoms with Gasteiger partial charge in [-0.15, -0.1) is 0 Å². The van der Waals surface area contributed by atoms with Gasteiger partial charge in [-0.1, -0.05) is 152 Å². The average Bonchev–Trinajstić information content (AvgIpc) is 4.18. The van der Waals surface area contributed by atoms with Gasteiger partial charge < -0.3 is 18.0 Å². The molecule has 4 nitrogen and oxygen atoms in total. The molecule has 4 aromatic heterocycles. The summed E-state index contributed by atoms with van der Waals surface area (Å²) < 4.78 is 17.5. The topological polar surface area (TPSA) is 36.1 Å². The number of fused-ring (bicyclic) bond motifs is 12. The summed E-state index contributed by atoms with van der Waals surface area (Å²) in [5.41, 5.74) is 19.9. The molecule has 0 saturated heterocycles. The van der Waals surface area contributed by atoms with E-state index >= 15 is 0 Å². The van der Waals surface area contributed by atoms with E-state index in [2.05, 4.69) is 228 Å². The second kappa shape index (κ2) is 15.1. The number of para-hydroxylation sites is 4. The molecule has 0 fully saturated rings. The number of benzene rings is 11. The van der Waals surface area contributed by atoms with Crippen LogP contribution in [0.2, 0.25) is 0 Å². The number of furan rings is 2. The second-order valence-corrected chi connectivity index (χ2v) is 18.4. The molecule has 0 unspecified atom stereocenters. The fourth-order valence-corrected chi connectivity index (χ4v) is 11.3. The third-order valence-electron chi connectivity index (χ3n) is 14.5. The highest BCUT2D eigenvalue weighted by Gasteiger charge is 2.20. The summed E-state index contributed by atoms with van der Waals surface area (Å²) in [6, 6.07) is 87.6. The lowest BCUT2D eigenvalue weighted by atomic mass is 9.94. The average molecular weight is 893 g/mol. The van der Waals surface area contributed by atoms with Gasteiger partial charge in [0.25, 0.3) is 0 Å². The minimum Gasteiger partial charge on any atom is -0.456 e. The summed E-state index contributed by atoms with van der Waals surface area (Å²) in [5, 5.41) is 9.38. The Hall–Kier alpha value is -9.38. The van der Waals surface area contributed by atoms with Crippen LogP contribution < -0.4 is 0 Å². The summed E-state index contributed by atoms with van der Waals surface area (Å²) in [6.45, 7) is 0. The van der Waals surface area contributed by atoms with Crippen molar-refractivity contribution in [2.75, 3.05) is 0 Å². The van der Waals surface area contributed by atoms with E-state index in [1.807, 2.05) is 24.3 Å². The molecule has 15 rings (SSSR count). The highest BCUT2D eigenvalue weighted by atomic mass is 16.3. The van der Waals surface area contributed by atoms with Gasteiger partial charge in [0.15, 0.2) is 0 Å². The molecule has 0 aliphatic carbocycles. The molecule has 0 N–H and O–H groups in total. The Morgan fingerprint density at radius 3 is 0.943 bits per heavy atom. The van der Waals surface area contributed by atoms with E-state index in [9.17, 15) is 0 Å². The van der Waals surface area contributed by atoms with Crippen LogP contribution in [0.15, 0.2) is 251 Å². The quantitative estimate of drug-likeness (QED) is 0.167. The lowest BCUT2D eigenvalue weighted by Crippen LogP contribution is -1.94. The molecule has 0 amide bonds. The van der Waals surface area contributed by atoms with Crippen LogP contribution in [0.3, 0.4) is 0 Å².